The van der Waals surface area contributed by atoms with Crippen LogP contribution in [0.15, 0.2) is 42.5 Å². The number of hydrogen-bond donors (Lipinski definition) is 3. The lowest BCUT2D eigenvalue weighted by Gasteiger charge is -2.12. The highest BCUT2D eigenvalue weighted by atomic mass is 35.5. The van der Waals surface area contributed by atoms with Gasteiger partial charge in [-0.2, -0.15) is 0 Å². The fourth-order valence-electron chi connectivity index (χ4n) is 2.15. The summed E-state index contributed by atoms with van der Waals surface area (Å²) in [4.78, 5) is 12.2. The van der Waals surface area contributed by atoms with Crippen LogP contribution in [-0.4, -0.2) is 25.7 Å². The second-order valence-corrected chi connectivity index (χ2v) is 5.68. The summed E-state index contributed by atoms with van der Waals surface area (Å²) in [5.74, 6) is -0.205. The van der Waals surface area contributed by atoms with E-state index in [0.717, 1.165) is 31.9 Å². The molecule has 0 aliphatic carbocycles. The van der Waals surface area contributed by atoms with Crippen LogP contribution in [0.3, 0.4) is 0 Å². The molecule has 0 radical (unpaired) electrons. The van der Waals surface area contributed by atoms with Crippen molar-refractivity contribution in [3.63, 3.8) is 0 Å². The van der Waals surface area contributed by atoms with Crippen molar-refractivity contribution in [2.45, 2.75) is 13.3 Å². The molecular formula is C18H22ClN3O2. The molecule has 4 N–H and O–H groups in total. The molecule has 0 spiro atoms. The summed E-state index contributed by atoms with van der Waals surface area (Å²) in [7, 11) is 0. The predicted molar refractivity (Wildman–Crippen MR) is 99.9 cm³/mol. The number of nitrogens with one attached hydrogen (secondary N) is 2. The van der Waals surface area contributed by atoms with Gasteiger partial charge >= 0.3 is 0 Å². The Morgan fingerprint density at radius 3 is 2.62 bits per heavy atom. The van der Waals surface area contributed by atoms with E-state index in [2.05, 4.69) is 10.6 Å². The van der Waals surface area contributed by atoms with Gasteiger partial charge < -0.3 is 21.1 Å². The first-order chi connectivity index (χ1) is 11.6. The number of rotatable bonds is 8. The normalized spacial score (nSPS) is 10.4. The number of anilines is 3. The fraction of sp³-hybridized carbons (Fsp3) is 0.278. The van der Waals surface area contributed by atoms with Crippen molar-refractivity contribution in [3.05, 3.63) is 53.1 Å². The van der Waals surface area contributed by atoms with Crippen LogP contribution in [0, 0.1) is 0 Å². The molecule has 0 aromatic heterocycles. The summed E-state index contributed by atoms with van der Waals surface area (Å²) in [6.45, 7) is 4.20. The van der Waals surface area contributed by atoms with E-state index in [1.165, 1.54) is 0 Å². The van der Waals surface area contributed by atoms with Crippen LogP contribution in [0.1, 0.15) is 23.7 Å². The number of carbonyl (C=O) groups is 1. The minimum Gasteiger partial charge on any atom is -0.397 e. The van der Waals surface area contributed by atoms with Crippen molar-refractivity contribution in [2.24, 2.45) is 0 Å². The standard InChI is InChI=1S/C18H22ClN3O2/c1-2-24-11-3-10-21-17-9-8-15(12-16(17)20)22-18(23)13-4-6-14(19)7-5-13/h4-9,12,21H,2-3,10-11,20H2,1H3,(H,22,23). The number of nitrogens with two attached hydrogens (primary N) is 1. The third-order valence-corrected chi connectivity index (χ3v) is 3.65. The molecule has 5 nitrogen and oxygen atoms in total. The molecule has 0 heterocycles. The maximum atomic E-state index is 12.2. The van der Waals surface area contributed by atoms with E-state index in [-0.39, 0.29) is 5.91 Å². The van der Waals surface area contributed by atoms with Crippen LogP contribution in [0.5, 0.6) is 0 Å². The summed E-state index contributed by atoms with van der Waals surface area (Å²) in [6.07, 6.45) is 0.905. The van der Waals surface area contributed by atoms with Gasteiger partial charge in [0.05, 0.1) is 11.4 Å². The molecule has 0 saturated heterocycles. The number of nitrogen functional groups attached to an aromatic ring is 1. The van der Waals surface area contributed by atoms with Gasteiger partial charge in [-0.3, -0.25) is 4.79 Å². The lowest BCUT2D eigenvalue weighted by atomic mass is 10.2. The quantitative estimate of drug-likeness (QED) is 0.498. The first kappa shape index (κ1) is 18.1. The van der Waals surface area contributed by atoms with E-state index >= 15 is 0 Å². The van der Waals surface area contributed by atoms with Crippen LogP contribution in [0.25, 0.3) is 0 Å². The summed E-state index contributed by atoms with van der Waals surface area (Å²) in [5.41, 5.74) is 8.64. The molecule has 0 fully saturated rings. The first-order valence-electron chi connectivity index (χ1n) is 7.88. The highest BCUT2D eigenvalue weighted by Crippen LogP contribution is 2.23. The van der Waals surface area contributed by atoms with Gasteiger partial charge in [-0.15, -0.1) is 0 Å². The minimum atomic E-state index is -0.205. The maximum Gasteiger partial charge on any atom is 0.255 e. The maximum absolute atomic E-state index is 12.2. The van der Waals surface area contributed by atoms with Gasteiger partial charge in [-0.1, -0.05) is 11.6 Å². The summed E-state index contributed by atoms with van der Waals surface area (Å²) in [5, 5.41) is 6.67. The van der Waals surface area contributed by atoms with Gasteiger partial charge in [0.15, 0.2) is 0 Å². The molecule has 0 aliphatic rings. The van der Waals surface area contributed by atoms with Crippen LogP contribution >= 0.6 is 11.6 Å². The molecular weight excluding hydrogens is 326 g/mol. The smallest absolute Gasteiger partial charge is 0.255 e. The third-order valence-electron chi connectivity index (χ3n) is 3.40. The molecule has 2 aromatic carbocycles. The molecule has 0 saturated carbocycles. The SMILES string of the molecule is CCOCCCNc1ccc(NC(=O)c2ccc(Cl)cc2)cc1N. The second-order valence-electron chi connectivity index (χ2n) is 5.24. The van der Waals surface area contributed by atoms with Crippen LogP contribution < -0.4 is 16.4 Å². The van der Waals surface area contributed by atoms with Gasteiger partial charge in [0.25, 0.3) is 5.91 Å². The van der Waals surface area contributed by atoms with E-state index in [9.17, 15) is 4.79 Å². The average Bonchev–Trinajstić information content (AvgIpc) is 2.57. The van der Waals surface area contributed by atoms with E-state index in [1.54, 1.807) is 30.3 Å². The van der Waals surface area contributed by atoms with Crippen LogP contribution in [0.2, 0.25) is 5.02 Å². The third kappa shape index (κ3) is 5.44. The Kier molecular flexibility index (Phi) is 6.90. The monoisotopic (exact) mass is 347 g/mol. The van der Waals surface area contributed by atoms with Crippen LogP contribution in [0.4, 0.5) is 17.1 Å². The van der Waals surface area contributed by atoms with Gasteiger partial charge in [0.1, 0.15) is 0 Å². The number of carbonyl (C=O) groups excluding carboxylic acids is 1. The molecule has 6 heteroatoms. The molecule has 0 bridgehead atoms. The van der Waals surface area contributed by atoms with Gasteiger partial charge in [0.2, 0.25) is 0 Å². The lowest BCUT2D eigenvalue weighted by molar-refractivity contribution is 0.102. The molecule has 1 amide bonds. The lowest BCUT2D eigenvalue weighted by Crippen LogP contribution is -2.12. The van der Waals surface area contributed by atoms with Crippen molar-refractivity contribution in [2.75, 3.05) is 36.1 Å². The van der Waals surface area contributed by atoms with Crippen molar-refractivity contribution in [1.82, 2.24) is 0 Å². The Morgan fingerprint density at radius 1 is 1.21 bits per heavy atom. The summed E-state index contributed by atoms with van der Waals surface area (Å²) in [6, 6.07) is 12.1. The van der Waals surface area contributed by atoms with Crippen molar-refractivity contribution in [3.8, 4) is 0 Å². The van der Waals surface area contributed by atoms with E-state index in [0.29, 0.717) is 22.0 Å². The largest absolute Gasteiger partial charge is 0.397 e. The Balaban J connectivity index is 1.91. The topological polar surface area (TPSA) is 76.4 Å². The predicted octanol–water partition coefficient (Wildman–Crippen LogP) is 4.01. The summed E-state index contributed by atoms with van der Waals surface area (Å²) < 4.78 is 5.29. The van der Waals surface area contributed by atoms with Crippen molar-refractivity contribution in [1.29, 1.82) is 0 Å². The second kappa shape index (κ2) is 9.15. The van der Waals surface area contributed by atoms with Crippen LogP contribution in [-0.2, 0) is 4.74 Å². The number of hydrogen-bond acceptors (Lipinski definition) is 4. The Hall–Kier alpha value is -2.24. The van der Waals surface area contributed by atoms with Gasteiger partial charge in [-0.25, -0.2) is 0 Å². The van der Waals surface area contributed by atoms with E-state index < -0.39 is 0 Å². The average molecular weight is 348 g/mol. The zero-order chi connectivity index (χ0) is 17.4. The summed E-state index contributed by atoms with van der Waals surface area (Å²) >= 11 is 5.82. The highest BCUT2D eigenvalue weighted by molar-refractivity contribution is 6.30. The fourth-order valence-corrected chi connectivity index (χ4v) is 2.27. The van der Waals surface area contributed by atoms with E-state index in [4.69, 9.17) is 22.1 Å². The number of amides is 1. The van der Waals surface area contributed by atoms with Gasteiger partial charge in [0, 0.05) is 36.0 Å². The molecule has 24 heavy (non-hydrogen) atoms. The van der Waals surface area contributed by atoms with Gasteiger partial charge in [-0.05, 0) is 55.8 Å². The molecule has 2 aromatic rings. The van der Waals surface area contributed by atoms with Crippen molar-refractivity contribution >= 4 is 34.6 Å². The molecule has 0 unspecified atom stereocenters. The minimum absolute atomic E-state index is 0.205. The number of halogens is 1. The first-order valence-corrected chi connectivity index (χ1v) is 8.26. The number of ether oxygens (including phenoxy) is 1. The zero-order valence-electron chi connectivity index (χ0n) is 13.6. The van der Waals surface area contributed by atoms with Crippen molar-refractivity contribution < 1.29 is 9.53 Å². The highest BCUT2D eigenvalue weighted by Gasteiger charge is 2.07. The molecule has 128 valence electrons. The molecule has 0 atom stereocenters. The molecule has 2 rings (SSSR count). The van der Waals surface area contributed by atoms with E-state index in [1.807, 2.05) is 19.1 Å². The number of benzene rings is 2. The Bertz CT molecular complexity index is 674. The zero-order valence-corrected chi connectivity index (χ0v) is 14.4. The Labute approximate surface area is 147 Å². The molecule has 0 aliphatic heterocycles. The Morgan fingerprint density at radius 2 is 1.96 bits per heavy atom.